The van der Waals surface area contributed by atoms with Gasteiger partial charge in [-0.2, -0.15) is 26.3 Å². The number of hydrogen-bond donors (Lipinski definition) is 0. The van der Waals surface area contributed by atoms with Gasteiger partial charge in [0.05, 0.1) is 12.3 Å². The van der Waals surface area contributed by atoms with Gasteiger partial charge in [0, 0.05) is 0 Å². The molecule has 0 aromatic rings. The van der Waals surface area contributed by atoms with Crippen LogP contribution in [0.3, 0.4) is 0 Å². The second-order valence-electron chi connectivity index (χ2n) is 3.80. The van der Waals surface area contributed by atoms with E-state index in [-0.39, 0.29) is 0 Å². The van der Waals surface area contributed by atoms with Crippen molar-refractivity contribution in [2.45, 2.75) is 43.5 Å². The van der Waals surface area contributed by atoms with Gasteiger partial charge in [-0.25, -0.2) is 8.78 Å². The van der Waals surface area contributed by atoms with E-state index in [1.807, 2.05) is 0 Å². The first-order valence-corrected chi connectivity index (χ1v) is 4.41. The summed E-state index contributed by atoms with van der Waals surface area (Å²) in [5, 5.41) is 0. The molecule has 0 aromatic heterocycles. The Hall–Kier alpha value is -0.560. The van der Waals surface area contributed by atoms with Gasteiger partial charge in [-0.05, 0) is 6.42 Å². The van der Waals surface area contributed by atoms with Crippen molar-refractivity contribution < 1.29 is 35.1 Å². The predicted octanol–water partition coefficient (Wildman–Crippen LogP) is 3.96. The van der Waals surface area contributed by atoms with Crippen LogP contribution in [-0.4, -0.2) is 23.7 Å². The molecule has 1 atom stereocenters. The maximum atomic E-state index is 12.9. The van der Waals surface area contributed by atoms with Gasteiger partial charge in [0.2, 0.25) is 0 Å². The molecule has 1 aliphatic carbocycles. The average Bonchev–Trinajstić information content (AvgIpc) is 1.98. The molecule has 1 aliphatic rings. The third-order valence-corrected chi connectivity index (χ3v) is 2.69. The van der Waals surface area contributed by atoms with Gasteiger partial charge in [0.1, 0.15) is 0 Å². The van der Waals surface area contributed by atoms with Crippen molar-refractivity contribution in [3.05, 3.63) is 0 Å². The Morgan fingerprint density at radius 2 is 1.38 bits per heavy atom. The quantitative estimate of drug-likeness (QED) is 0.623. The van der Waals surface area contributed by atoms with E-state index in [2.05, 4.69) is 0 Å². The van der Waals surface area contributed by atoms with Gasteiger partial charge in [0.15, 0.2) is 0 Å². The standard InChI is InChI=1S/C8H8F8/c1-2-4-5(9,10)3-6(11,12)8(15,16)7(4,13)14/h4H,2-3H2,1H3. The molecule has 0 amide bonds. The summed E-state index contributed by atoms with van der Waals surface area (Å²) in [6, 6.07) is 0. The molecule has 1 saturated carbocycles. The average molecular weight is 256 g/mol. The minimum atomic E-state index is -5.75. The first kappa shape index (κ1) is 13.5. The van der Waals surface area contributed by atoms with Crippen LogP contribution in [0.5, 0.6) is 0 Å². The van der Waals surface area contributed by atoms with E-state index in [0.717, 1.165) is 6.92 Å². The highest BCUT2D eigenvalue weighted by Crippen LogP contribution is 2.61. The molecule has 16 heavy (non-hydrogen) atoms. The molecule has 1 rings (SSSR count). The lowest BCUT2D eigenvalue weighted by molar-refractivity contribution is -0.387. The van der Waals surface area contributed by atoms with Crippen molar-refractivity contribution in [3.63, 3.8) is 0 Å². The topological polar surface area (TPSA) is 0 Å². The largest absolute Gasteiger partial charge is 0.372 e. The van der Waals surface area contributed by atoms with Crippen molar-refractivity contribution in [1.82, 2.24) is 0 Å². The summed E-state index contributed by atoms with van der Waals surface area (Å²) in [5.74, 6) is -24.2. The molecule has 96 valence electrons. The summed E-state index contributed by atoms with van der Waals surface area (Å²) in [4.78, 5) is 0. The van der Waals surface area contributed by atoms with Gasteiger partial charge >= 0.3 is 17.8 Å². The summed E-state index contributed by atoms with van der Waals surface area (Å²) < 4.78 is 102. The number of hydrogen-bond acceptors (Lipinski definition) is 0. The lowest BCUT2D eigenvalue weighted by Crippen LogP contribution is -2.67. The molecule has 0 saturated heterocycles. The van der Waals surface area contributed by atoms with E-state index in [4.69, 9.17) is 0 Å². The number of alkyl halides is 8. The predicted molar refractivity (Wildman–Crippen MR) is 38.2 cm³/mol. The van der Waals surface area contributed by atoms with Crippen LogP contribution in [0.1, 0.15) is 19.8 Å². The molecule has 0 N–H and O–H groups in total. The Morgan fingerprint density at radius 1 is 0.938 bits per heavy atom. The highest BCUT2D eigenvalue weighted by molar-refractivity contribution is 5.09. The zero-order chi connectivity index (χ0) is 13.0. The van der Waals surface area contributed by atoms with Gasteiger partial charge in [-0.1, -0.05) is 6.92 Å². The molecule has 0 heterocycles. The Kier molecular flexibility index (Phi) is 2.72. The lowest BCUT2D eigenvalue weighted by atomic mass is 9.76. The van der Waals surface area contributed by atoms with Crippen molar-refractivity contribution >= 4 is 0 Å². The second-order valence-corrected chi connectivity index (χ2v) is 3.80. The Bertz CT molecular complexity index is 282. The maximum absolute atomic E-state index is 12.9. The van der Waals surface area contributed by atoms with Crippen LogP contribution in [0.2, 0.25) is 0 Å². The molecule has 0 nitrogen and oxygen atoms in total. The van der Waals surface area contributed by atoms with Crippen LogP contribution >= 0.6 is 0 Å². The van der Waals surface area contributed by atoms with E-state index < -0.39 is 42.4 Å². The normalized spacial score (nSPS) is 34.7. The molecule has 0 radical (unpaired) electrons. The van der Waals surface area contributed by atoms with Crippen molar-refractivity contribution in [1.29, 1.82) is 0 Å². The Balaban J connectivity index is 3.30. The van der Waals surface area contributed by atoms with Crippen LogP contribution in [0.15, 0.2) is 0 Å². The van der Waals surface area contributed by atoms with E-state index in [1.54, 1.807) is 0 Å². The van der Waals surface area contributed by atoms with Gasteiger partial charge in [-0.3, -0.25) is 0 Å². The molecule has 1 fully saturated rings. The van der Waals surface area contributed by atoms with Crippen LogP contribution in [0.4, 0.5) is 35.1 Å². The van der Waals surface area contributed by atoms with Gasteiger partial charge < -0.3 is 0 Å². The number of halogens is 8. The SMILES string of the molecule is CCC1C(F)(F)CC(F)(F)C(F)(F)C1(F)F. The molecule has 0 spiro atoms. The summed E-state index contributed by atoms with van der Waals surface area (Å²) in [6.07, 6.45) is -3.56. The minimum absolute atomic E-state index is 0.825. The molecule has 1 unspecified atom stereocenters. The van der Waals surface area contributed by atoms with Crippen LogP contribution in [-0.2, 0) is 0 Å². The fraction of sp³-hybridized carbons (Fsp3) is 1.00. The molecular formula is C8H8F8. The monoisotopic (exact) mass is 256 g/mol. The van der Waals surface area contributed by atoms with Crippen molar-refractivity contribution in [3.8, 4) is 0 Å². The van der Waals surface area contributed by atoms with E-state index in [9.17, 15) is 35.1 Å². The molecule has 0 aliphatic heterocycles. The summed E-state index contributed by atoms with van der Waals surface area (Å²) in [7, 11) is 0. The summed E-state index contributed by atoms with van der Waals surface area (Å²) >= 11 is 0. The summed E-state index contributed by atoms with van der Waals surface area (Å²) in [5.41, 5.74) is 0. The highest BCUT2D eigenvalue weighted by atomic mass is 19.3. The summed E-state index contributed by atoms with van der Waals surface area (Å²) in [6.45, 7) is 0.825. The minimum Gasteiger partial charge on any atom is -0.206 e. The third-order valence-electron chi connectivity index (χ3n) is 2.69. The number of rotatable bonds is 1. The fourth-order valence-electron chi connectivity index (χ4n) is 1.81. The fourth-order valence-corrected chi connectivity index (χ4v) is 1.81. The van der Waals surface area contributed by atoms with E-state index in [1.165, 1.54) is 0 Å². The van der Waals surface area contributed by atoms with Crippen molar-refractivity contribution in [2.75, 3.05) is 0 Å². The lowest BCUT2D eigenvalue weighted by Gasteiger charge is -2.45. The van der Waals surface area contributed by atoms with Gasteiger partial charge in [-0.15, -0.1) is 0 Å². The molecule has 0 bridgehead atoms. The van der Waals surface area contributed by atoms with Crippen LogP contribution in [0, 0.1) is 5.92 Å². The molecular weight excluding hydrogens is 248 g/mol. The first-order chi connectivity index (χ1) is 6.90. The van der Waals surface area contributed by atoms with Crippen LogP contribution < -0.4 is 0 Å². The van der Waals surface area contributed by atoms with E-state index >= 15 is 0 Å². The first-order valence-electron chi connectivity index (χ1n) is 4.41. The molecule has 8 heteroatoms. The van der Waals surface area contributed by atoms with Crippen molar-refractivity contribution in [2.24, 2.45) is 5.92 Å². The highest BCUT2D eigenvalue weighted by Gasteiger charge is 2.82. The third kappa shape index (κ3) is 1.48. The maximum Gasteiger partial charge on any atom is 0.372 e. The second kappa shape index (κ2) is 3.22. The van der Waals surface area contributed by atoms with E-state index in [0.29, 0.717) is 0 Å². The zero-order valence-corrected chi connectivity index (χ0v) is 8.02. The smallest absolute Gasteiger partial charge is 0.206 e. The Labute approximate surface area is 85.6 Å². The zero-order valence-electron chi connectivity index (χ0n) is 8.02. The Morgan fingerprint density at radius 3 is 1.75 bits per heavy atom. The van der Waals surface area contributed by atoms with Gasteiger partial charge in [0.25, 0.3) is 5.92 Å². The molecule has 0 aromatic carbocycles. The van der Waals surface area contributed by atoms with Crippen LogP contribution in [0.25, 0.3) is 0 Å².